The van der Waals surface area contributed by atoms with Crippen LogP contribution in [0.3, 0.4) is 0 Å². The number of benzene rings is 4. The number of carbonyl (C=O) groups is 4. The van der Waals surface area contributed by atoms with Crippen LogP contribution in [0.2, 0.25) is 0 Å². The molecule has 94 heavy (non-hydrogen) atoms. The molecule has 0 aliphatic heterocycles. The van der Waals surface area contributed by atoms with E-state index in [2.05, 4.69) is 19.3 Å². The monoisotopic (exact) mass is 1330 g/mol. The van der Waals surface area contributed by atoms with Gasteiger partial charge in [-0.2, -0.15) is 26.3 Å². The number of fused-ring (bicyclic) bond motifs is 4. The number of aromatic nitrogens is 4. The lowest BCUT2D eigenvalue weighted by atomic mass is 10.0. The molecule has 0 aliphatic carbocycles. The lowest BCUT2D eigenvalue weighted by Crippen LogP contribution is -2.19. The van der Waals surface area contributed by atoms with E-state index in [4.69, 9.17) is 28.4 Å². The summed E-state index contributed by atoms with van der Waals surface area (Å²) in [5.41, 5.74) is 5.44. The SMILES string of the molecule is COC(=O)Cc1c(C)n(CCN(C)C)c2cc(F)c(OC)cc12.COC(=O)Cc1c(C)n(CCN(C)C)c2ccc(OC)c(F)c12.COC(=O)Cc1c(C)n(CCO)c2cc(C(F)(F)F)c(OC)cc12.COC(=O)Cc1c(C)n(CCO)c2ccc(OC)c(C(F)(F)F)c12. The maximum atomic E-state index is 14.8. The molecule has 0 aliphatic rings. The van der Waals surface area contributed by atoms with Crippen molar-refractivity contribution in [3.63, 3.8) is 0 Å². The van der Waals surface area contributed by atoms with Gasteiger partial charge in [-0.05, 0) is 121 Å². The summed E-state index contributed by atoms with van der Waals surface area (Å²) < 4.78 is 155. The lowest BCUT2D eigenvalue weighted by molar-refractivity contribution is -0.140. The second kappa shape index (κ2) is 33.0. The Morgan fingerprint density at radius 2 is 0.787 bits per heavy atom. The van der Waals surface area contributed by atoms with Gasteiger partial charge >= 0.3 is 36.2 Å². The third-order valence-corrected chi connectivity index (χ3v) is 16.0. The van der Waals surface area contributed by atoms with Crippen LogP contribution in [0.4, 0.5) is 35.1 Å². The van der Waals surface area contributed by atoms with Gasteiger partial charge in [-0.25, -0.2) is 8.78 Å². The normalized spacial score (nSPS) is 11.5. The predicted molar refractivity (Wildman–Crippen MR) is 337 cm³/mol. The van der Waals surface area contributed by atoms with E-state index in [1.54, 1.807) is 35.1 Å². The molecular weight excluding hydrogens is 1250 g/mol. The number of carbonyl (C=O) groups excluding carboxylic acids is 4. The Hall–Kier alpha value is -8.60. The van der Waals surface area contributed by atoms with E-state index in [0.717, 1.165) is 66.7 Å². The van der Waals surface area contributed by atoms with Crippen LogP contribution in [-0.4, -0.2) is 174 Å². The molecule has 28 heteroatoms. The number of alkyl halides is 6. The fraction of sp³-hybridized carbons (Fsp3) is 0.455. The number of halogens is 8. The van der Waals surface area contributed by atoms with Gasteiger partial charge in [0.2, 0.25) is 0 Å². The zero-order valence-corrected chi connectivity index (χ0v) is 55.6. The zero-order chi connectivity index (χ0) is 70.4. The maximum Gasteiger partial charge on any atom is 0.420 e. The van der Waals surface area contributed by atoms with Gasteiger partial charge < -0.3 is 76.2 Å². The second-order valence-corrected chi connectivity index (χ2v) is 22.0. The number of aliphatic hydroxyl groups is 2. The highest BCUT2D eigenvalue weighted by Gasteiger charge is 2.39. The van der Waals surface area contributed by atoms with Crippen molar-refractivity contribution >= 4 is 67.5 Å². The summed E-state index contributed by atoms with van der Waals surface area (Å²) in [6.07, 6.45) is -9.42. The summed E-state index contributed by atoms with van der Waals surface area (Å²) in [6.45, 7) is 9.95. The number of hydrogen-bond donors (Lipinski definition) is 2. The Morgan fingerprint density at radius 3 is 1.18 bits per heavy atom. The number of rotatable bonds is 22. The fourth-order valence-electron chi connectivity index (χ4n) is 11.2. The predicted octanol–water partition coefficient (Wildman–Crippen LogP) is 10.1. The average Bonchev–Trinajstić information content (AvgIpc) is 1.60. The molecule has 0 saturated carbocycles. The molecule has 4 aromatic carbocycles. The van der Waals surface area contributed by atoms with Crippen LogP contribution in [0.15, 0.2) is 48.5 Å². The number of ether oxygens (including phenoxy) is 8. The Bertz CT molecular complexity index is 3970. The maximum absolute atomic E-state index is 14.8. The number of nitrogens with zero attached hydrogens (tertiary/aromatic N) is 6. The largest absolute Gasteiger partial charge is 0.496 e. The van der Waals surface area contributed by atoms with Gasteiger partial charge in [-0.3, -0.25) is 19.2 Å². The highest BCUT2D eigenvalue weighted by molar-refractivity contribution is 5.95. The molecule has 0 spiro atoms. The summed E-state index contributed by atoms with van der Waals surface area (Å²) in [7, 11) is 18.2. The van der Waals surface area contributed by atoms with Crippen molar-refractivity contribution in [3.8, 4) is 23.0 Å². The van der Waals surface area contributed by atoms with Crippen LogP contribution in [0.1, 0.15) is 56.2 Å². The first-order chi connectivity index (χ1) is 44.3. The van der Waals surface area contributed by atoms with Crippen molar-refractivity contribution in [2.75, 3.05) is 111 Å². The smallest absolute Gasteiger partial charge is 0.420 e. The summed E-state index contributed by atoms with van der Waals surface area (Å²) in [4.78, 5) is 50.9. The Morgan fingerprint density at radius 1 is 0.436 bits per heavy atom. The van der Waals surface area contributed by atoms with Crippen LogP contribution in [0.5, 0.6) is 23.0 Å². The average molecular weight is 1340 g/mol. The number of likely N-dealkylation sites (N-methyl/N-ethyl adjacent to an activating group) is 2. The standard InChI is InChI=1S/2C17H23FN2O3.2C16H18F3NO4/c1-11-12(9-17(21)23-5)13-8-16(22-4)14(18)10-15(13)20(11)7-6-19(2)3;1-11-12(10-15(21)23-5)16-13(20(11)9-8-19(2)3)6-7-14(22-4)17(16)18;1-9-10(7-15(22)24-3)11-6-14(23-2)12(16(17,18)19)8-13(11)20(9)4-5-21;1-9-10(8-13(22)24-3)14-11(20(9)6-7-21)4-5-12(23-2)15(14)16(17,18)19/h8,10H,6-7,9H2,1-5H3;6-7H,8-10H2,1-5H3;6,8,21H,4-5,7H2,1-3H3;4-5,21H,6-8H2,1-3H3. The second-order valence-electron chi connectivity index (χ2n) is 22.0. The lowest BCUT2D eigenvalue weighted by Gasteiger charge is -2.14. The minimum atomic E-state index is -4.66. The van der Waals surface area contributed by atoms with Crippen molar-refractivity contribution in [3.05, 3.63) is 116 Å². The van der Waals surface area contributed by atoms with Crippen molar-refractivity contribution in [1.82, 2.24) is 28.1 Å². The topological polar surface area (TPSA) is 209 Å². The molecule has 0 fully saturated rings. The first-order valence-corrected chi connectivity index (χ1v) is 29.3. The molecule has 8 rings (SSSR count). The molecule has 0 atom stereocenters. The minimum Gasteiger partial charge on any atom is -0.496 e. The molecule has 0 unspecified atom stereocenters. The zero-order valence-electron chi connectivity index (χ0n) is 55.6. The number of esters is 4. The number of methoxy groups -OCH3 is 8. The first kappa shape index (κ1) is 76.1. The summed E-state index contributed by atoms with van der Waals surface area (Å²) >= 11 is 0. The van der Waals surface area contributed by atoms with Gasteiger partial charge in [0.1, 0.15) is 17.1 Å². The quantitative estimate of drug-likeness (QED) is 0.0367. The fourth-order valence-corrected chi connectivity index (χ4v) is 11.2. The van der Waals surface area contributed by atoms with Gasteiger partial charge in [0, 0.05) is 101 Å². The molecule has 0 saturated heterocycles. The van der Waals surface area contributed by atoms with Crippen LogP contribution in [0.25, 0.3) is 43.6 Å². The van der Waals surface area contributed by atoms with E-state index >= 15 is 0 Å². The van der Waals surface area contributed by atoms with Crippen molar-refractivity contribution in [1.29, 1.82) is 0 Å². The minimum absolute atomic E-state index is 0.0396. The van der Waals surface area contributed by atoms with Gasteiger partial charge in [0.05, 0.1) is 112 Å². The molecule has 4 aromatic heterocycles. The molecule has 0 radical (unpaired) electrons. The van der Waals surface area contributed by atoms with E-state index in [1.807, 2.05) is 57.2 Å². The van der Waals surface area contributed by atoms with E-state index in [0.29, 0.717) is 46.4 Å². The van der Waals surface area contributed by atoms with Gasteiger partial charge in [-0.15, -0.1) is 0 Å². The number of hydrogen-bond acceptors (Lipinski definition) is 16. The molecule has 516 valence electrons. The van der Waals surface area contributed by atoms with Gasteiger partial charge in [0.25, 0.3) is 0 Å². The van der Waals surface area contributed by atoms with Crippen LogP contribution in [0, 0.1) is 39.3 Å². The van der Waals surface area contributed by atoms with E-state index in [-0.39, 0.29) is 109 Å². The van der Waals surface area contributed by atoms with Crippen LogP contribution < -0.4 is 18.9 Å². The van der Waals surface area contributed by atoms with E-state index in [1.165, 1.54) is 66.9 Å². The molecule has 2 N–H and O–H groups in total. The Kier molecular flexibility index (Phi) is 26.7. The van der Waals surface area contributed by atoms with Crippen molar-refractivity contribution in [2.45, 2.75) is 91.9 Å². The summed E-state index contributed by atoms with van der Waals surface area (Å²) in [6, 6.07) is 11.6. The molecular formula is C66H82F8N6O14. The van der Waals surface area contributed by atoms with Gasteiger partial charge in [0.15, 0.2) is 23.1 Å². The van der Waals surface area contributed by atoms with Crippen LogP contribution in [-0.2, 0) is 102 Å². The molecule has 20 nitrogen and oxygen atoms in total. The highest BCUT2D eigenvalue weighted by Crippen LogP contribution is 2.45. The third-order valence-electron chi connectivity index (χ3n) is 16.0. The number of aliphatic hydroxyl groups excluding tert-OH is 2. The molecule has 8 aromatic rings. The first-order valence-electron chi connectivity index (χ1n) is 29.3. The molecule has 0 amide bonds. The van der Waals surface area contributed by atoms with E-state index in [9.17, 15) is 64.5 Å². The van der Waals surface area contributed by atoms with Crippen molar-refractivity contribution < 1.29 is 102 Å². The summed E-state index contributed by atoms with van der Waals surface area (Å²) in [5.74, 6) is -2.97. The van der Waals surface area contributed by atoms with E-state index < -0.39 is 47.1 Å². The van der Waals surface area contributed by atoms with Gasteiger partial charge in [-0.1, -0.05) is 0 Å². The Balaban J connectivity index is 0.000000227. The summed E-state index contributed by atoms with van der Waals surface area (Å²) in [5, 5.41) is 20.1. The van der Waals surface area contributed by atoms with Crippen molar-refractivity contribution in [2.24, 2.45) is 0 Å². The molecule has 0 bridgehead atoms. The third kappa shape index (κ3) is 17.2. The molecule has 4 heterocycles. The van der Waals surface area contributed by atoms with Crippen LogP contribution >= 0.6 is 0 Å². The Labute approximate surface area is 538 Å². The highest BCUT2D eigenvalue weighted by atomic mass is 19.4.